The Bertz CT molecular complexity index is 759. The Kier molecular flexibility index (Phi) is 6.38. The van der Waals surface area contributed by atoms with E-state index >= 15 is 0 Å². The van der Waals surface area contributed by atoms with E-state index in [-0.39, 0.29) is 18.3 Å². The Morgan fingerprint density at radius 2 is 1.93 bits per heavy atom. The van der Waals surface area contributed by atoms with Crippen LogP contribution in [0.4, 0.5) is 5.82 Å². The number of benzene rings is 1. The minimum Gasteiger partial charge on any atom is -0.469 e. The SMILES string of the molecule is COC(=O)CC(NC(=O)c1ccc(N2CCOCC2)nc1)c1ccccc1. The third kappa shape index (κ3) is 5.04. The topological polar surface area (TPSA) is 80.8 Å². The number of aromatic nitrogens is 1. The number of rotatable bonds is 6. The molecule has 0 radical (unpaired) electrons. The second-order valence-corrected chi connectivity index (χ2v) is 6.22. The fourth-order valence-electron chi connectivity index (χ4n) is 2.93. The van der Waals surface area contributed by atoms with E-state index in [4.69, 9.17) is 9.47 Å². The van der Waals surface area contributed by atoms with Gasteiger partial charge in [0.2, 0.25) is 0 Å². The van der Waals surface area contributed by atoms with Gasteiger partial charge in [0.25, 0.3) is 5.91 Å². The number of esters is 1. The Balaban J connectivity index is 1.70. The van der Waals surface area contributed by atoms with Gasteiger partial charge in [-0.25, -0.2) is 4.98 Å². The van der Waals surface area contributed by atoms with Crippen molar-refractivity contribution in [3.63, 3.8) is 0 Å². The lowest BCUT2D eigenvalue weighted by Gasteiger charge is -2.27. The molecule has 0 aliphatic carbocycles. The van der Waals surface area contributed by atoms with Crippen LogP contribution in [0, 0.1) is 0 Å². The van der Waals surface area contributed by atoms with E-state index in [2.05, 4.69) is 15.2 Å². The van der Waals surface area contributed by atoms with Crippen LogP contribution in [-0.2, 0) is 14.3 Å². The van der Waals surface area contributed by atoms with Crippen molar-refractivity contribution in [2.24, 2.45) is 0 Å². The van der Waals surface area contributed by atoms with Gasteiger partial charge < -0.3 is 19.7 Å². The number of hydrogen-bond donors (Lipinski definition) is 1. The largest absolute Gasteiger partial charge is 0.469 e. The highest BCUT2D eigenvalue weighted by Gasteiger charge is 2.20. The van der Waals surface area contributed by atoms with Gasteiger partial charge >= 0.3 is 5.97 Å². The quantitative estimate of drug-likeness (QED) is 0.784. The zero-order valence-corrected chi connectivity index (χ0v) is 15.3. The van der Waals surface area contributed by atoms with Gasteiger partial charge in [-0.15, -0.1) is 0 Å². The lowest BCUT2D eigenvalue weighted by atomic mass is 10.0. The van der Waals surface area contributed by atoms with Crippen LogP contribution < -0.4 is 10.2 Å². The Hall–Kier alpha value is -2.93. The van der Waals surface area contributed by atoms with E-state index < -0.39 is 6.04 Å². The number of pyridine rings is 1. The molecular weight excluding hydrogens is 346 g/mol. The third-order valence-corrected chi connectivity index (χ3v) is 4.45. The number of ether oxygens (including phenoxy) is 2. The van der Waals surface area contributed by atoms with Crippen molar-refractivity contribution in [2.45, 2.75) is 12.5 Å². The van der Waals surface area contributed by atoms with Crippen LogP contribution in [0.1, 0.15) is 28.4 Å². The van der Waals surface area contributed by atoms with Crippen LogP contribution in [0.15, 0.2) is 48.7 Å². The zero-order valence-electron chi connectivity index (χ0n) is 15.3. The number of nitrogens with zero attached hydrogens (tertiary/aromatic N) is 2. The first-order valence-corrected chi connectivity index (χ1v) is 8.89. The molecule has 1 fully saturated rings. The van der Waals surface area contributed by atoms with Gasteiger partial charge in [0.1, 0.15) is 5.82 Å². The van der Waals surface area contributed by atoms with E-state index in [0.717, 1.165) is 24.5 Å². The first-order chi connectivity index (χ1) is 13.2. The van der Waals surface area contributed by atoms with Crippen LogP contribution in [0.5, 0.6) is 0 Å². The van der Waals surface area contributed by atoms with Crippen molar-refractivity contribution in [3.8, 4) is 0 Å². The summed E-state index contributed by atoms with van der Waals surface area (Å²) in [6.07, 6.45) is 1.62. The molecule has 2 heterocycles. The average Bonchev–Trinajstić information content (AvgIpc) is 2.74. The first-order valence-electron chi connectivity index (χ1n) is 8.89. The monoisotopic (exact) mass is 369 g/mol. The van der Waals surface area contributed by atoms with E-state index in [1.807, 2.05) is 36.4 Å². The summed E-state index contributed by atoms with van der Waals surface area (Å²) in [5.41, 5.74) is 1.28. The summed E-state index contributed by atoms with van der Waals surface area (Å²) in [5.74, 6) is 0.155. The van der Waals surface area contributed by atoms with E-state index in [0.29, 0.717) is 18.8 Å². The lowest BCUT2D eigenvalue weighted by Crippen LogP contribution is -2.36. The number of hydrogen-bond acceptors (Lipinski definition) is 6. The molecular formula is C20H23N3O4. The maximum atomic E-state index is 12.6. The molecule has 1 amide bonds. The molecule has 27 heavy (non-hydrogen) atoms. The number of morpholine rings is 1. The van der Waals surface area contributed by atoms with E-state index in [9.17, 15) is 9.59 Å². The summed E-state index contributed by atoms with van der Waals surface area (Å²) in [7, 11) is 1.33. The summed E-state index contributed by atoms with van der Waals surface area (Å²) in [6.45, 7) is 2.92. The van der Waals surface area contributed by atoms with Gasteiger partial charge in [0.15, 0.2) is 0 Å². The fraction of sp³-hybridized carbons (Fsp3) is 0.350. The highest BCUT2D eigenvalue weighted by atomic mass is 16.5. The summed E-state index contributed by atoms with van der Waals surface area (Å²) in [6, 6.07) is 12.5. The van der Waals surface area contributed by atoms with Crippen LogP contribution >= 0.6 is 0 Å². The van der Waals surface area contributed by atoms with Crippen molar-refractivity contribution in [1.29, 1.82) is 0 Å². The van der Waals surface area contributed by atoms with Crippen molar-refractivity contribution >= 4 is 17.7 Å². The molecule has 2 aromatic rings. The molecule has 7 heteroatoms. The van der Waals surface area contributed by atoms with Gasteiger partial charge in [-0.05, 0) is 17.7 Å². The summed E-state index contributed by atoms with van der Waals surface area (Å²) >= 11 is 0. The van der Waals surface area contributed by atoms with Crippen LogP contribution in [0.2, 0.25) is 0 Å². The molecule has 0 saturated carbocycles. The summed E-state index contributed by atoms with van der Waals surface area (Å²) in [4.78, 5) is 30.9. The van der Waals surface area contributed by atoms with Gasteiger partial charge in [0, 0.05) is 19.3 Å². The van der Waals surface area contributed by atoms with E-state index in [1.165, 1.54) is 7.11 Å². The number of amides is 1. The molecule has 1 aromatic heterocycles. The molecule has 1 atom stereocenters. The Labute approximate surface area is 158 Å². The number of nitrogens with one attached hydrogen (secondary N) is 1. The molecule has 0 bridgehead atoms. The summed E-state index contributed by atoms with van der Waals surface area (Å²) < 4.78 is 10.1. The molecule has 1 aliphatic rings. The maximum absolute atomic E-state index is 12.6. The molecule has 3 rings (SSSR count). The fourth-order valence-corrected chi connectivity index (χ4v) is 2.93. The summed E-state index contributed by atoms with van der Waals surface area (Å²) in [5, 5.41) is 2.90. The second-order valence-electron chi connectivity index (χ2n) is 6.22. The van der Waals surface area contributed by atoms with Gasteiger partial charge in [-0.1, -0.05) is 30.3 Å². The Morgan fingerprint density at radius 3 is 2.56 bits per heavy atom. The van der Waals surface area contributed by atoms with Gasteiger partial charge in [0.05, 0.1) is 38.3 Å². The van der Waals surface area contributed by atoms with Crippen LogP contribution in [0.25, 0.3) is 0 Å². The molecule has 7 nitrogen and oxygen atoms in total. The van der Waals surface area contributed by atoms with Crippen molar-refractivity contribution < 1.29 is 19.1 Å². The number of anilines is 1. The first kappa shape index (κ1) is 18.8. The minimum absolute atomic E-state index is 0.0611. The smallest absolute Gasteiger partial charge is 0.307 e. The standard InChI is InChI=1S/C20H23N3O4/c1-26-19(24)13-17(15-5-3-2-4-6-15)22-20(25)16-7-8-18(21-14-16)23-9-11-27-12-10-23/h2-8,14,17H,9-13H2,1H3,(H,22,25). The predicted octanol–water partition coefficient (Wildman–Crippen LogP) is 1.95. The molecule has 1 N–H and O–H groups in total. The maximum Gasteiger partial charge on any atom is 0.307 e. The molecule has 0 spiro atoms. The predicted molar refractivity (Wildman–Crippen MR) is 101 cm³/mol. The van der Waals surface area contributed by atoms with Crippen LogP contribution in [-0.4, -0.2) is 50.3 Å². The Morgan fingerprint density at radius 1 is 1.19 bits per heavy atom. The van der Waals surface area contributed by atoms with Crippen molar-refractivity contribution in [2.75, 3.05) is 38.3 Å². The highest BCUT2D eigenvalue weighted by Crippen LogP contribution is 2.19. The van der Waals surface area contributed by atoms with Crippen molar-refractivity contribution in [1.82, 2.24) is 10.3 Å². The third-order valence-electron chi connectivity index (χ3n) is 4.45. The highest BCUT2D eigenvalue weighted by molar-refractivity contribution is 5.94. The average molecular weight is 369 g/mol. The van der Waals surface area contributed by atoms with Crippen molar-refractivity contribution in [3.05, 3.63) is 59.8 Å². The lowest BCUT2D eigenvalue weighted by molar-refractivity contribution is -0.141. The van der Waals surface area contributed by atoms with Gasteiger partial charge in [-0.3, -0.25) is 9.59 Å². The zero-order chi connectivity index (χ0) is 19.1. The van der Waals surface area contributed by atoms with Crippen LogP contribution in [0.3, 0.4) is 0 Å². The van der Waals surface area contributed by atoms with E-state index in [1.54, 1.807) is 12.3 Å². The molecule has 1 saturated heterocycles. The molecule has 1 aromatic carbocycles. The number of carbonyl (C=O) groups is 2. The molecule has 1 aliphatic heterocycles. The normalized spacial score (nSPS) is 15.1. The number of methoxy groups -OCH3 is 1. The molecule has 1 unspecified atom stereocenters. The molecule has 142 valence electrons. The minimum atomic E-state index is -0.468. The number of carbonyl (C=O) groups excluding carboxylic acids is 2. The van der Waals surface area contributed by atoms with Gasteiger partial charge in [-0.2, -0.15) is 0 Å². The second kappa shape index (κ2) is 9.14.